The molecule has 38 heavy (non-hydrogen) atoms. The molecule has 8 nitrogen and oxygen atoms in total. The highest BCUT2D eigenvalue weighted by atomic mass is 35.5. The summed E-state index contributed by atoms with van der Waals surface area (Å²) >= 11 is 6.47. The summed E-state index contributed by atoms with van der Waals surface area (Å²) in [5.41, 5.74) is 10.1. The number of likely N-dealkylation sites (N-methyl/N-ethyl adjacent to an activating group) is 1. The maximum atomic E-state index is 10.4. The van der Waals surface area contributed by atoms with E-state index < -0.39 is 5.60 Å². The Bertz CT molecular complexity index is 1460. The number of amidine groups is 1. The Labute approximate surface area is 228 Å². The molecule has 2 bridgehead atoms. The second-order valence-corrected chi connectivity index (χ2v) is 11.5. The van der Waals surface area contributed by atoms with Gasteiger partial charge in [-0.3, -0.25) is 4.98 Å². The second kappa shape index (κ2) is 9.06. The molecular formula is C29H32ClN7O. The zero-order valence-corrected chi connectivity index (χ0v) is 22.7. The van der Waals surface area contributed by atoms with E-state index in [-0.39, 0.29) is 5.41 Å². The van der Waals surface area contributed by atoms with Gasteiger partial charge in [-0.25, -0.2) is 15.0 Å². The van der Waals surface area contributed by atoms with Crippen molar-refractivity contribution in [2.45, 2.75) is 45.1 Å². The zero-order valence-electron chi connectivity index (χ0n) is 21.9. The number of aromatic nitrogens is 2. The summed E-state index contributed by atoms with van der Waals surface area (Å²) in [7, 11) is 1.96. The Kier molecular flexibility index (Phi) is 5.92. The second-order valence-electron chi connectivity index (χ2n) is 11.2. The van der Waals surface area contributed by atoms with Gasteiger partial charge >= 0.3 is 0 Å². The van der Waals surface area contributed by atoms with Gasteiger partial charge in [0.25, 0.3) is 0 Å². The Hall–Kier alpha value is -3.49. The number of nitrogens with two attached hydrogens (primary N) is 1. The van der Waals surface area contributed by atoms with Crippen molar-refractivity contribution in [2.24, 2.45) is 15.4 Å². The molecule has 4 aliphatic rings. The number of aliphatic imine (C=N–C) groups is 2. The van der Waals surface area contributed by atoms with Crippen LogP contribution in [0.3, 0.4) is 0 Å². The number of anilines is 1. The SMILES string of the molecule is CN1C2=NC(N3CCC4(CC3)Cc3ccc(C(C)(C)O)nc3C4)=CC=NC1=C(c1ccnc(N)c1Cl)C=C2. The van der Waals surface area contributed by atoms with E-state index >= 15 is 0 Å². The monoisotopic (exact) mass is 529 g/mol. The molecule has 2 aromatic rings. The third-order valence-electron chi connectivity index (χ3n) is 8.11. The molecule has 0 amide bonds. The molecular weight excluding hydrogens is 498 g/mol. The molecule has 1 fully saturated rings. The van der Waals surface area contributed by atoms with Gasteiger partial charge in [-0.15, -0.1) is 0 Å². The lowest BCUT2D eigenvalue weighted by Crippen LogP contribution is -2.40. The molecule has 0 atom stereocenters. The lowest BCUT2D eigenvalue weighted by molar-refractivity contribution is 0.0735. The third kappa shape index (κ3) is 4.31. The van der Waals surface area contributed by atoms with Crippen LogP contribution in [-0.4, -0.2) is 57.1 Å². The van der Waals surface area contributed by atoms with Crippen molar-refractivity contribution in [3.05, 3.63) is 81.8 Å². The van der Waals surface area contributed by atoms with Gasteiger partial charge in [0.1, 0.15) is 28.9 Å². The fourth-order valence-electron chi connectivity index (χ4n) is 5.86. The van der Waals surface area contributed by atoms with Crippen LogP contribution in [0.25, 0.3) is 5.57 Å². The maximum Gasteiger partial charge on any atom is 0.142 e. The number of halogens is 1. The van der Waals surface area contributed by atoms with E-state index in [0.717, 1.165) is 78.8 Å². The van der Waals surface area contributed by atoms with E-state index in [1.807, 2.05) is 48.5 Å². The number of nitrogens with zero attached hydrogens (tertiary/aromatic N) is 6. The lowest BCUT2D eigenvalue weighted by atomic mass is 9.76. The number of nitrogen functional groups attached to an aromatic ring is 1. The molecule has 0 saturated carbocycles. The first-order valence-electron chi connectivity index (χ1n) is 13.0. The molecule has 5 heterocycles. The van der Waals surface area contributed by atoms with Crippen LogP contribution in [0, 0.1) is 5.41 Å². The molecule has 1 spiro atoms. The van der Waals surface area contributed by atoms with E-state index in [1.165, 1.54) is 5.56 Å². The van der Waals surface area contributed by atoms with Gasteiger partial charge in [-0.1, -0.05) is 17.7 Å². The minimum Gasteiger partial charge on any atom is -0.384 e. The fourth-order valence-corrected chi connectivity index (χ4v) is 6.07. The molecule has 1 aliphatic carbocycles. The molecule has 0 aromatic carbocycles. The van der Waals surface area contributed by atoms with Crippen LogP contribution in [-0.2, 0) is 18.4 Å². The normalized spacial score (nSPS) is 20.3. The number of pyridine rings is 2. The summed E-state index contributed by atoms with van der Waals surface area (Å²) in [6.07, 6.45) is 13.6. The number of likely N-dealkylation sites (tertiary alicyclic amines) is 1. The number of fused-ring (bicyclic) bond motifs is 3. The zero-order chi connectivity index (χ0) is 26.7. The van der Waals surface area contributed by atoms with Crippen molar-refractivity contribution in [3.63, 3.8) is 0 Å². The Morgan fingerprint density at radius 2 is 1.89 bits per heavy atom. The van der Waals surface area contributed by atoms with Crippen LogP contribution in [0.2, 0.25) is 5.02 Å². The van der Waals surface area contributed by atoms with Gasteiger partial charge in [0, 0.05) is 49.4 Å². The van der Waals surface area contributed by atoms with Crippen molar-refractivity contribution >= 4 is 35.0 Å². The van der Waals surface area contributed by atoms with Crippen LogP contribution in [0.4, 0.5) is 5.82 Å². The minimum absolute atomic E-state index is 0.228. The summed E-state index contributed by atoms with van der Waals surface area (Å²) in [6, 6.07) is 5.99. The first-order valence-corrected chi connectivity index (χ1v) is 13.4. The van der Waals surface area contributed by atoms with E-state index in [1.54, 1.807) is 20.0 Å². The van der Waals surface area contributed by atoms with Gasteiger partial charge in [0.05, 0.1) is 10.7 Å². The number of hydrogen-bond acceptors (Lipinski definition) is 8. The number of aliphatic hydroxyl groups is 1. The fraction of sp³-hybridized carbons (Fsp3) is 0.379. The summed E-state index contributed by atoms with van der Waals surface area (Å²) in [5, 5.41) is 10.8. The first kappa shape index (κ1) is 24.8. The highest BCUT2D eigenvalue weighted by Crippen LogP contribution is 2.45. The predicted octanol–water partition coefficient (Wildman–Crippen LogP) is 4.32. The highest BCUT2D eigenvalue weighted by Gasteiger charge is 2.41. The molecule has 6 rings (SSSR count). The minimum atomic E-state index is -0.923. The van der Waals surface area contributed by atoms with Gasteiger partial charge in [-0.2, -0.15) is 0 Å². The van der Waals surface area contributed by atoms with Gasteiger partial charge < -0.3 is 20.6 Å². The van der Waals surface area contributed by atoms with Crippen LogP contribution < -0.4 is 5.73 Å². The van der Waals surface area contributed by atoms with Gasteiger partial charge in [0.2, 0.25) is 0 Å². The van der Waals surface area contributed by atoms with Crippen molar-refractivity contribution in [1.29, 1.82) is 0 Å². The molecule has 3 aliphatic heterocycles. The predicted molar refractivity (Wildman–Crippen MR) is 152 cm³/mol. The Balaban J connectivity index is 1.21. The Morgan fingerprint density at radius 1 is 1.11 bits per heavy atom. The molecule has 9 heteroatoms. The summed E-state index contributed by atoms with van der Waals surface area (Å²) in [6.45, 7) is 5.44. The van der Waals surface area contributed by atoms with E-state index in [9.17, 15) is 5.11 Å². The Morgan fingerprint density at radius 3 is 2.66 bits per heavy atom. The topological polar surface area (TPSA) is 103 Å². The van der Waals surface area contributed by atoms with Crippen LogP contribution in [0.5, 0.6) is 0 Å². The van der Waals surface area contributed by atoms with Crippen molar-refractivity contribution in [2.75, 3.05) is 25.9 Å². The largest absolute Gasteiger partial charge is 0.384 e. The number of rotatable bonds is 3. The van der Waals surface area contributed by atoms with Crippen LogP contribution in [0.15, 0.2) is 64.3 Å². The molecule has 2 aromatic heterocycles. The average molecular weight is 530 g/mol. The van der Waals surface area contributed by atoms with E-state index in [2.05, 4.69) is 16.0 Å². The van der Waals surface area contributed by atoms with Crippen LogP contribution >= 0.6 is 11.6 Å². The van der Waals surface area contributed by atoms with E-state index in [4.69, 9.17) is 32.3 Å². The van der Waals surface area contributed by atoms with Crippen molar-refractivity contribution in [1.82, 2.24) is 19.8 Å². The average Bonchev–Trinajstić information content (AvgIpc) is 3.24. The van der Waals surface area contributed by atoms with Crippen molar-refractivity contribution in [3.8, 4) is 0 Å². The number of piperidine rings is 1. The first-order chi connectivity index (χ1) is 18.1. The standard InChI is InChI=1S/C29H32ClN7O/c1-28(2,38)22-6-4-18-16-29(17-21(18)34-22)10-14-37(15-11-29)24-9-13-33-27-20(5-7-23(35-24)36(27)3)19-8-12-32-26(31)25(19)30/h4-9,12-13,38H,10-11,14-17H2,1-3H3,(H2,31,32). The van der Waals surface area contributed by atoms with Crippen LogP contribution in [0.1, 0.15) is 49.2 Å². The van der Waals surface area contributed by atoms with Gasteiger partial charge in [0.15, 0.2) is 0 Å². The molecule has 0 unspecified atom stereocenters. The third-order valence-corrected chi connectivity index (χ3v) is 8.51. The number of hydrogen-bond donors (Lipinski definition) is 2. The smallest absolute Gasteiger partial charge is 0.142 e. The molecule has 3 N–H and O–H groups in total. The molecule has 1 saturated heterocycles. The summed E-state index contributed by atoms with van der Waals surface area (Å²) < 4.78 is 0. The molecule has 0 radical (unpaired) electrons. The van der Waals surface area contributed by atoms with Crippen molar-refractivity contribution < 1.29 is 5.11 Å². The molecule has 196 valence electrons. The number of allylic oxidation sites excluding steroid dienone is 3. The van der Waals surface area contributed by atoms with E-state index in [0.29, 0.717) is 10.8 Å². The van der Waals surface area contributed by atoms with Gasteiger partial charge in [-0.05, 0) is 80.9 Å². The summed E-state index contributed by atoms with van der Waals surface area (Å²) in [4.78, 5) is 23.1. The maximum absolute atomic E-state index is 10.4. The lowest BCUT2D eigenvalue weighted by Gasteiger charge is -2.40. The quantitative estimate of drug-likeness (QED) is 0.614. The highest BCUT2D eigenvalue weighted by molar-refractivity contribution is 6.34. The summed E-state index contributed by atoms with van der Waals surface area (Å²) in [5.74, 6) is 2.79.